The predicted octanol–water partition coefficient (Wildman–Crippen LogP) is 1.85. The first-order chi connectivity index (χ1) is 10.2. The molecule has 1 amide bonds. The van der Waals surface area contributed by atoms with Crippen LogP contribution in [0, 0.1) is 5.92 Å². The van der Waals surface area contributed by atoms with E-state index in [0.717, 1.165) is 25.6 Å². The monoisotopic (exact) mass is 293 g/mol. The van der Waals surface area contributed by atoms with Crippen molar-refractivity contribution in [3.63, 3.8) is 0 Å². The van der Waals surface area contributed by atoms with Crippen molar-refractivity contribution in [2.75, 3.05) is 32.7 Å². The van der Waals surface area contributed by atoms with Gasteiger partial charge in [-0.05, 0) is 70.9 Å². The lowest BCUT2D eigenvalue weighted by Crippen LogP contribution is -2.49. The van der Waals surface area contributed by atoms with Crippen LogP contribution in [0.1, 0.15) is 51.9 Å². The molecular formula is C17H31N3O. The molecule has 3 aliphatic rings. The summed E-state index contributed by atoms with van der Waals surface area (Å²) in [5.41, 5.74) is 0. The van der Waals surface area contributed by atoms with Crippen molar-refractivity contribution in [3.05, 3.63) is 0 Å². The standard InChI is InChI=1S/C17H31N3O/c1-14-5-2-3-10-20(14)17(21)13-19(16-7-8-16)12-15-6-4-9-18-11-15/h14-16,18H,2-13H2,1H3. The molecule has 0 spiro atoms. The van der Waals surface area contributed by atoms with E-state index in [2.05, 4.69) is 22.0 Å². The molecule has 21 heavy (non-hydrogen) atoms. The fraction of sp³-hybridized carbons (Fsp3) is 0.941. The average Bonchev–Trinajstić information content (AvgIpc) is 3.32. The molecule has 2 heterocycles. The zero-order chi connectivity index (χ0) is 14.7. The maximum absolute atomic E-state index is 12.7. The number of carbonyl (C=O) groups is 1. The minimum atomic E-state index is 0.373. The summed E-state index contributed by atoms with van der Waals surface area (Å²) < 4.78 is 0. The molecule has 0 aromatic heterocycles. The Hall–Kier alpha value is -0.610. The molecule has 0 aromatic rings. The van der Waals surface area contributed by atoms with Crippen molar-refractivity contribution in [3.8, 4) is 0 Å². The summed E-state index contributed by atoms with van der Waals surface area (Å²) in [5.74, 6) is 1.11. The molecule has 2 saturated heterocycles. The van der Waals surface area contributed by atoms with E-state index in [1.807, 2.05) is 0 Å². The highest BCUT2D eigenvalue weighted by atomic mass is 16.2. The Balaban J connectivity index is 1.53. The number of likely N-dealkylation sites (tertiary alicyclic amines) is 1. The molecule has 0 radical (unpaired) electrons. The zero-order valence-corrected chi connectivity index (χ0v) is 13.5. The van der Waals surface area contributed by atoms with Crippen LogP contribution < -0.4 is 5.32 Å². The van der Waals surface area contributed by atoms with E-state index < -0.39 is 0 Å². The first kappa shape index (κ1) is 15.3. The summed E-state index contributed by atoms with van der Waals surface area (Å²) in [6.45, 7) is 7.27. The second-order valence-corrected chi connectivity index (χ2v) is 7.30. The average molecular weight is 293 g/mol. The number of carbonyl (C=O) groups excluding carboxylic acids is 1. The normalized spacial score (nSPS) is 30.7. The summed E-state index contributed by atoms with van der Waals surface area (Å²) in [4.78, 5) is 17.3. The number of hydrogen-bond donors (Lipinski definition) is 1. The van der Waals surface area contributed by atoms with Crippen LogP contribution in [0.3, 0.4) is 0 Å². The van der Waals surface area contributed by atoms with Crippen LogP contribution in [-0.4, -0.2) is 60.5 Å². The Morgan fingerprint density at radius 2 is 2.05 bits per heavy atom. The number of piperidine rings is 2. The lowest BCUT2D eigenvalue weighted by molar-refractivity contribution is -0.136. The molecule has 2 aliphatic heterocycles. The summed E-state index contributed by atoms with van der Waals surface area (Å²) in [7, 11) is 0. The molecule has 1 N–H and O–H groups in total. The van der Waals surface area contributed by atoms with Crippen molar-refractivity contribution in [2.45, 2.75) is 64.0 Å². The van der Waals surface area contributed by atoms with Crippen LogP contribution in [0.4, 0.5) is 0 Å². The Morgan fingerprint density at radius 1 is 1.19 bits per heavy atom. The predicted molar refractivity (Wildman–Crippen MR) is 85.2 cm³/mol. The second kappa shape index (κ2) is 7.10. The molecule has 0 bridgehead atoms. The molecule has 120 valence electrons. The second-order valence-electron chi connectivity index (χ2n) is 7.30. The van der Waals surface area contributed by atoms with Crippen molar-refractivity contribution in [1.29, 1.82) is 0 Å². The summed E-state index contributed by atoms with van der Waals surface area (Å²) in [6, 6.07) is 1.14. The van der Waals surface area contributed by atoms with Gasteiger partial charge in [-0.2, -0.15) is 0 Å². The zero-order valence-electron chi connectivity index (χ0n) is 13.5. The van der Waals surface area contributed by atoms with Crippen molar-refractivity contribution in [1.82, 2.24) is 15.1 Å². The van der Waals surface area contributed by atoms with Gasteiger partial charge in [-0.1, -0.05) is 0 Å². The third kappa shape index (κ3) is 4.19. The van der Waals surface area contributed by atoms with Gasteiger partial charge < -0.3 is 10.2 Å². The Labute approximate surface area is 129 Å². The molecule has 1 aliphatic carbocycles. The maximum Gasteiger partial charge on any atom is 0.236 e. The summed E-state index contributed by atoms with van der Waals surface area (Å²) in [6.07, 6.45) is 8.86. The number of nitrogens with zero attached hydrogens (tertiary/aromatic N) is 2. The van der Waals surface area contributed by atoms with Crippen LogP contribution >= 0.6 is 0 Å². The molecule has 2 unspecified atom stereocenters. The molecule has 3 rings (SSSR count). The largest absolute Gasteiger partial charge is 0.339 e. The summed E-state index contributed by atoms with van der Waals surface area (Å²) >= 11 is 0. The molecular weight excluding hydrogens is 262 g/mol. The lowest BCUT2D eigenvalue weighted by Gasteiger charge is -2.36. The van der Waals surface area contributed by atoms with Crippen LogP contribution in [0.2, 0.25) is 0 Å². The maximum atomic E-state index is 12.7. The van der Waals surface area contributed by atoms with Gasteiger partial charge >= 0.3 is 0 Å². The Morgan fingerprint density at radius 3 is 2.71 bits per heavy atom. The van der Waals surface area contributed by atoms with Gasteiger partial charge in [0, 0.05) is 25.2 Å². The first-order valence-electron chi connectivity index (χ1n) is 8.98. The highest BCUT2D eigenvalue weighted by Gasteiger charge is 2.34. The van der Waals surface area contributed by atoms with Crippen LogP contribution in [0.5, 0.6) is 0 Å². The minimum Gasteiger partial charge on any atom is -0.339 e. The molecule has 3 fully saturated rings. The topological polar surface area (TPSA) is 35.6 Å². The summed E-state index contributed by atoms with van der Waals surface area (Å²) in [5, 5.41) is 3.50. The fourth-order valence-electron chi connectivity index (χ4n) is 3.93. The minimum absolute atomic E-state index is 0.373. The lowest BCUT2D eigenvalue weighted by atomic mass is 9.99. The van der Waals surface area contributed by atoms with Gasteiger partial charge in [0.2, 0.25) is 5.91 Å². The van der Waals surface area contributed by atoms with E-state index in [0.29, 0.717) is 24.5 Å². The number of rotatable bonds is 5. The third-order valence-electron chi connectivity index (χ3n) is 5.42. The van der Waals surface area contributed by atoms with E-state index in [-0.39, 0.29) is 0 Å². The van der Waals surface area contributed by atoms with Crippen molar-refractivity contribution in [2.24, 2.45) is 5.92 Å². The van der Waals surface area contributed by atoms with E-state index in [9.17, 15) is 4.79 Å². The Bertz CT molecular complexity index is 350. The smallest absolute Gasteiger partial charge is 0.236 e. The quantitative estimate of drug-likeness (QED) is 0.840. The van der Waals surface area contributed by atoms with E-state index in [4.69, 9.17) is 0 Å². The number of nitrogens with one attached hydrogen (secondary N) is 1. The molecule has 2 atom stereocenters. The van der Waals surface area contributed by atoms with Crippen molar-refractivity contribution < 1.29 is 4.79 Å². The number of amides is 1. The van der Waals surface area contributed by atoms with Crippen LogP contribution in [0.25, 0.3) is 0 Å². The van der Waals surface area contributed by atoms with Gasteiger partial charge in [0.25, 0.3) is 0 Å². The van der Waals surface area contributed by atoms with E-state index >= 15 is 0 Å². The van der Waals surface area contributed by atoms with Crippen LogP contribution in [0.15, 0.2) is 0 Å². The van der Waals surface area contributed by atoms with Gasteiger partial charge in [0.05, 0.1) is 6.54 Å². The van der Waals surface area contributed by atoms with Gasteiger partial charge in [0.15, 0.2) is 0 Å². The molecule has 4 heteroatoms. The Kier molecular flexibility index (Phi) is 5.17. The highest BCUT2D eigenvalue weighted by molar-refractivity contribution is 5.78. The molecule has 0 aromatic carbocycles. The third-order valence-corrected chi connectivity index (χ3v) is 5.42. The van der Waals surface area contributed by atoms with Crippen molar-refractivity contribution >= 4 is 5.91 Å². The number of hydrogen-bond acceptors (Lipinski definition) is 3. The van der Waals surface area contributed by atoms with Gasteiger partial charge in [0.1, 0.15) is 0 Å². The van der Waals surface area contributed by atoms with E-state index in [1.54, 1.807) is 0 Å². The molecule has 1 saturated carbocycles. The van der Waals surface area contributed by atoms with Gasteiger partial charge in [-0.25, -0.2) is 0 Å². The fourth-order valence-corrected chi connectivity index (χ4v) is 3.93. The van der Waals surface area contributed by atoms with E-state index in [1.165, 1.54) is 51.5 Å². The first-order valence-corrected chi connectivity index (χ1v) is 8.98. The molecule has 4 nitrogen and oxygen atoms in total. The van der Waals surface area contributed by atoms with Gasteiger partial charge in [-0.3, -0.25) is 9.69 Å². The van der Waals surface area contributed by atoms with Crippen LogP contribution in [-0.2, 0) is 4.79 Å². The SMILES string of the molecule is CC1CCCCN1C(=O)CN(CC1CCCNC1)C1CC1. The van der Waals surface area contributed by atoms with Gasteiger partial charge in [-0.15, -0.1) is 0 Å². The highest BCUT2D eigenvalue weighted by Crippen LogP contribution is 2.29.